The molecular weight excluding hydrogens is 222 g/mol. The van der Waals surface area contributed by atoms with Crippen molar-refractivity contribution in [2.75, 3.05) is 5.48 Å². The van der Waals surface area contributed by atoms with Gasteiger partial charge in [0.2, 0.25) is 0 Å². The third-order valence-corrected chi connectivity index (χ3v) is 2.77. The summed E-state index contributed by atoms with van der Waals surface area (Å²) in [5, 5.41) is 10.4. The van der Waals surface area contributed by atoms with Crippen LogP contribution in [0, 0.1) is 6.92 Å². The van der Waals surface area contributed by atoms with Crippen molar-refractivity contribution in [2.24, 2.45) is 0 Å². The van der Waals surface area contributed by atoms with Crippen LogP contribution in [0.2, 0.25) is 0 Å². The van der Waals surface area contributed by atoms with Crippen molar-refractivity contribution in [2.45, 2.75) is 6.92 Å². The van der Waals surface area contributed by atoms with E-state index < -0.39 is 5.63 Å². The van der Waals surface area contributed by atoms with Gasteiger partial charge in [0.25, 0.3) is 0 Å². The highest BCUT2D eigenvalue weighted by molar-refractivity contribution is 6.09. The lowest BCUT2D eigenvalue weighted by molar-refractivity contribution is 0.388. The molecule has 0 radical (unpaired) electrons. The summed E-state index contributed by atoms with van der Waals surface area (Å²) >= 11 is 0. The van der Waals surface area contributed by atoms with Gasteiger partial charge in [-0.3, -0.25) is 10.7 Å². The summed E-state index contributed by atoms with van der Waals surface area (Å²) in [6.07, 6.45) is 1.37. The first kappa shape index (κ1) is 9.92. The zero-order chi connectivity index (χ0) is 12.0. The van der Waals surface area contributed by atoms with Crippen LogP contribution in [0.4, 0.5) is 5.69 Å². The number of aryl methyl sites for hydroxylation is 1. The number of fused-ring (bicyclic) bond motifs is 3. The molecule has 86 valence electrons. The van der Waals surface area contributed by atoms with Crippen molar-refractivity contribution >= 4 is 27.6 Å². The Bertz CT molecular complexity index is 769. The standard InChI is InChI=1S/C12H9NO4/c1-6-4-10(14)17-12-7(6)2-3-9-11(12)8(13-15)5-16-9/h2-5,13,15H,1H3. The molecule has 3 aromatic rings. The zero-order valence-corrected chi connectivity index (χ0v) is 8.98. The maximum Gasteiger partial charge on any atom is 0.336 e. The summed E-state index contributed by atoms with van der Waals surface area (Å²) in [5.74, 6) is 0. The molecule has 1 aromatic carbocycles. The topological polar surface area (TPSA) is 75.6 Å². The third kappa shape index (κ3) is 1.33. The number of furan rings is 1. The SMILES string of the molecule is Cc1cc(=O)oc2c1ccc1occ(NO)c12. The minimum atomic E-state index is -0.424. The quantitative estimate of drug-likeness (QED) is 0.497. The molecule has 2 aromatic heterocycles. The smallest absolute Gasteiger partial charge is 0.336 e. The maximum atomic E-state index is 11.4. The number of benzene rings is 1. The lowest BCUT2D eigenvalue weighted by atomic mass is 10.1. The van der Waals surface area contributed by atoms with Crippen LogP contribution in [0.25, 0.3) is 21.9 Å². The van der Waals surface area contributed by atoms with Gasteiger partial charge in [0.05, 0.1) is 5.39 Å². The molecule has 5 nitrogen and oxygen atoms in total. The third-order valence-electron chi connectivity index (χ3n) is 2.77. The van der Waals surface area contributed by atoms with Gasteiger partial charge in [0.15, 0.2) is 5.58 Å². The van der Waals surface area contributed by atoms with Crippen LogP contribution >= 0.6 is 0 Å². The lowest BCUT2D eigenvalue weighted by Crippen LogP contribution is -1.98. The lowest BCUT2D eigenvalue weighted by Gasteiger charge is -2.02. The normalized spacial score (nSPS) is 11.2. The van der Waals surface area contributed by atoms with Crippen LogP contribution < -0.4 is 11.1 Å². The van der Waals surface area contributed by atoms with Crippen LogP contribution in [-0.4, -0.2) is 5.21 Å². The first-order valence-electron chi connectivity index (χ1n) is 5.05. The molecule has 0 saturated heterocycles. The van der Waals surface area contributed by atoms with E-state index in [1.54, 1.807) is 6.07 Å². The fourth-order valence-corrected chi connectivity index (χ4v) is 1.98. The minimum Gasteiger partial charge on any atom is -0.462 e. The monoisotopic (exact) mass is 231 g/mol. The van der Waals surface area contributed by atoms with E-state index in [4.69, 9.17) is 14.0 Å². The molecule has 0 aliphatic rings. The minimum absolute atomic E-state index is 0.374. The Morgan fingerprint density at radius 3 is 2.94 bits per heavy atom. The molecule has 0 bridgehead atoms. The van der Waals surface area contributed by atoms with E-state index in [1.807, 2.05) is 18.5 Å². The van der Waals surface area contributed by atoms with Gasteiger partial charge >= 0.3 is 5.63 Å². The van der Waals surface area contributed by atoms with E-state index in [9.17, 15) is 4.79 Å². The van der Waals surface area contributed by atoms with E-state index in [2.05, 4.69) is 0 Å². The number of hydrogen-bond donors (Lipinski definition) is 2. The number of nitrogens with one attached hydrogen (secondary N) is 1. The van der Waals surface area contributed by atoms with Crippen LogP contribution in [0.1, 0.15) is 5.56 Å². The van der Waals surface area contributed by atoms with E-state index in [0.717, 1.165) is 10.9 Å². The van der Waals surface area contributed by atoms with Gasteiger partial charge in [-0.2, -0.15) is 0 Å². The Balaban J connectivity index is 2.61. The van der Waals surface area contributed by atoms with Crippen molar-refractivity contribution in [3.63, 3.8) is 0 Å². The zero-order valence-electron chi connectivity index (χ0n) is 8.98. The summed E-state index contributed by atoms with van der Waals surface area (Å²) in [4.78, 5) is 11.4. The molecule has 0 saturated carbocycles. The maximum absolute atomic E-state index is 11.4. The Morgan fingerprint density at radius 2 is 2.18 bits per heavy atom. The highest BCUT2D eigenvalue weighted by atomic mass is 16.5. The predicted octanol–water partition coefficient (Wildman–Crippen LogP) is 2.65. The Labute approximate surface area is 95.2 Å². The Kier molecular flexibility index (Phi) is 1.96. The summed E-state index contributed by atoms with van der Waals surface area (Å²) in [5.41, 5.74) is 3.76. The van der Waals surface area contributed by atoms with E-state index in [0.29, 0.717) is 22.2 Å². The molecule has 5 heteroatoms. The van der Waals surface area contributed by atoms with E-state index >= 15 is 0 Å². The Morgan fingerprint density at radius 1 is 1.35 bits per heavy atom. The van der Waals surface area contributed by atoms with Crippen molar-refractivity contribution in [1.82, 2.24) is 0 Å². The molecule has 0 fully saturated rings. The van der Waals surface area contributed by atoms with Crippen LogP contribution in [0.5, 0.6) is 0 Å². The van der Waals surface area contributed by atoms with Crippen LogP contribution in [0.15, 0.2) is 38.1 Å². The molecule has 0 spiro atoms. The summed E-state index contributed by atoms with van der Waals surface area (Å²) in [7, 11) is 0. The van der Waals surface area contributed by atoms with Gasteiger partial charge in [-0.25, -0.2) is 4.79 Å². The summed E-state index contributed by atoms with van der Waals surface area (Å²) < 4.78 is 10.4. The van der Waals surface area contributed by atoms with E-state index in [1.165, 1.54) is 12.3 Å². The van der Waals surface area contributed by atoms with Gasteiger partial charge < -0.3 is 8.83 Å². The largest absolute Gasteiger partial charge is 0.462 e. The molecule has 2 N–H and O–H groups in total. The summed E-state index contributed by atoms with van der Waals surface area (Å²) in [6, 6.07) is 5.02. The number of anilines is 1. The van der Waals surface area contributed by atoms with Crippen molar-refractivity contribution in [1.29, 1.82) is 0 Å². The van der Waals surface area contributed by atoms with E-state index in [-0.39, 0.29) is 0 Å². The number of hydrogen-bond acceptors (Lipinski definition) is 5. The second-order valence-electron chi connectivity index (χ2n) is 3.83. The molecule has 0 atom stereocenters. The second kappa shape index (κ2) is 3.36. The van der Waals surface area contributed by atoms with Crippen LogP contribution in [-0.2, 0) is 0 Å². The molecule has 0 amide bonds. The van der Waals surface area contributed by atoms with Gasteiger partial charge in [-0.1, -0.05) is 0 Å². The molecule has 3 rings (SSSR count). The predicted molar refractivity (Wildman–Crippen MR) is 62.4 cm³/mol. The average Bonchev–Trinajstić information content (AvgIpc) is 2.71. The first-order valence-corrected chi connectivity index (χ1v) is 5.05. The van der Waals surface area contributed by atoms with Crippen molar-refractivity contribution < 1.29 is 14.0 Å². The fourth-order valence-electron chi connectivity index (χ4n) is 1.98. The highest BCUT2D eigenvalue weighted by Crippen LogP contribution is 2.33. The van der Waals surface area contributed by atoms with Gasteiger partial charge in [-0.05, 0) is 24.6 Å². The molecule has 0 aliphatic carbocycles. The number of rotatable bonds is 1. The molecular formula is C12H9NO4. The van der Waals surface area contributed by atoms with Crippen LogP contribution in [0.3, 0.4) is 0 Å². The average molecular weight is 231 g/mol. The molecule has 17 heavy (non-hydrogen) atoms. The fraction of sp³-hybridized carbons (Fsp3) is 0.0833. The Hall–Kier alpha value is -2.27. The van der Waals surface area contributed by atoms with Gasteiger partial charge in [0.1, 0.15) is 17.5 Å². The molecule has 0 aliphatic heterocycles. The second-order valence-corrected chi connectivity index (χ2v) is 3.83. The van der Waals surface area contributed by atoms with Gasteiger partial charge in [-0.15, -0.1) is 0 Å². The van der Waals surface area contributed by atoms with Crippen molar-refractivity contribution in [3.05, 3.63) is 40.4 Å². The molecule has 0 unspecified atom stereocenters. The molecule has 2 heterocycles. The highest BCUT2D eigenvalue weighted by Gasteiger charge is 2.13. The summed E-state index contributed by atoms with van der Waals surface area (Å²) in [6.45, 7) is 1.83. The van der Waals surface area contributed by atoms with Gasteiger partial charge in [0, 0.05) is 11.5 Å². The first-order chi connectivity index (χ1) is 8.20. The van der Waals surface area contributed by atoms with Crippen molar-refractivity contribution in [3.8, 4) is 0 Å².